The first-order chi connectivity index (χ1) is 15.0. The summed E-state index contributed by atoms with van der Waals surface area (Å²) in [6.45, 7) is 19.2. The topological polar surface area (TPSA) is 6.48 Å². The molecular formula is C29H40N2. The average Bonchev–Trinajstić information content (AvgIpc) is 2.78. The summed E-state index contributed by atoms with van der Waals surface area (Å²) in [5.41, 5.74) is 10.9. The standard InChI is InChI=1S/C29H40N2/c1-6-12-21(4)28-20-31-26(8-3)17-24-16-25(19-30-13-10-9-11-14-30)23(7-2)18-27(24)29(31)15-22(28)5/h15-16,18,20,26H,4-14,17,19H2,1-3H3. The third kappa shape index (κ3) is 4.46. The van der Waals surface area contributed by atoms with Crippen LogP contribution in [-0.4, -0.2) is 28.9 Å². The molecule has 2 nitrogen and oxygen atoms in total. The molecule has 0 spiro atoms. The van der Waals surface area contributed by atoms with E-state index in [1.807, 2.05) is 0 Å². The molecule has 2 heteroatoms. The maximum absolute atomic E-state index is 4.41. The molecule has 0 aliphatic carbocycles. The van der Waals surface area contributed by atoms with Gasteiger partial charge in [0.15, 0.2) is 0 Å². The summed E-state index contributed by atoms with van der Waals surface area (Å²) in [5, 5.41) is 0. The van der Waals surface area contributed by atoms with Gasteiger partial charge in [0.1, 0.15) is 0 Å². The van der Waals surface area contributed by atoms with Crippen molar-refractivity contribution in [3.8, 4) is 0 Å². The summed E-state index contributed by atoms with van der Waals surface area (Å²) in [4.78, 5) is 5.18. The predicted molar refractivity (Wildman–Crippen MR) is 134 cm³/mol. The number of rotatable bonds is 7. The molecule has 31 heavy (non-hydrogen) atoms. The van der Waals surface area contributed by atoms with Crippen molar-refractivity contribution >= 4 is 5.70 Å². The van der Waals surface area contributed by atoms with Crippen LogP contribution in [0.1, 0.15) is 81.5 Å². The van der Waals surface area contributed by atoms with E-state index in [0.29, 0.717) is 6.04 Å². The zero-order valence-electron chi connectivity index (χ0n) is 20.0. The highest BCUT2D eigenvalue weighted by Gasteiger charge is 2.31. The van der Waals surface area contributed by atoms with Crippen LogP contribution >= 0.6 is 0 Å². The molecule has 0 saturated carbocycles. The van der Waals surface area contributed by atoms with Crippen molar-refractivity contribution < 1.29 is 0 Å². The molecule has 1 aromatic rings. The van der Waals surface area contributed by atoms with Crippen molar-refractivity contribution in [3.63, 3.8) is 0 Å². The van der Waals surface area contributed by atoms with Gasteiger partial charge in [-0.05, 0) is 97.2 Å². The molecule has 0 bridgehead atoms. The first-order valence-electron chi connectivity index (χ1n) is 12.5. The summed E-state index contributed by atoms with van der Waals surface area (Å²) >= 11 is 0. The van der Waals surface area contributed by atoms with E-state index >= 15 is 0 Å². The van der Waals surface area contributed by atoms with Gasteiger partial charge in [0.25, 0.3) is 0 Å². The highest BCUT2D eigenvalue weighted by atomic mass is 15.2. The minimum atomic E-state index is 0.506. The first kappa shape index (κ1) is 22.1. The molecule has 1 saturated heterocycles. The molecule has 0 N–H and O–H groups in total. The zero-order chi connectivity index (χ0) is 22.0. The van der Waals surface area contributed by atoms with Crippen molar-refractivity contribution in [2.75, 3.05) is 13.1 Å². The minimum absolute atomic E-state index is 0.506. The lowest BCUT2D eigenvalue weighted by Crippen LogP contribution is -2.37. The molecule has 3 heterocycles. The maximum Gasteiger partial charge on any atom is 0.0491 e. The van der Waals surface area contributed by atoms with Crippen LogP contribution in [0, 0.1) is 0 Å². The van der Waals surface area contributed by atoms with E-state index < -0.39 is 0 Å². The number of allylic oxidation sites excluding steroid dienone is 4. The number of aryl methyl sites for hydroxylation is 1. The van der Waals surface area contributed by atoms with Gasteiger partial charge in [0.05, 0.1) is 0 Å². The van der Waals surface area contributed by atoms with Crippen LogP contribution in [0.4, 0.5) is 0 Å². The van der Waals surface area contributed by atoms with Crippen LogP contribution in [0.2, 0.25) is 0 Å². The van der Waals surface area contributed by atoms with Gasteiger partial charge in [0.2, 0.25) is 0 Å². The largest absolute Gasteiger partial charge is 0.343 e. The van der Waals surface area contributed by atoms with Crippen molar-refractivity contribution in [3.05, 3.63) is 76.5 Å². The molecule has 1 unspecified atom stereocenters. The quantitative estimate of drug-likeness (QED) is 0.471. The second-order valence-electron chi connectivity index (χ2n) is 9.59. The number of likely N-dealkylation sites (tertiary alicyclic amines) is 1. The summed E-state index contributed by atoms with van der Waals surface area (Å²) in [5.74, 6) is 0. The monoisotopic (exact) mass is 416 g/mol. The number of hydrogen-bond acceptors (Lipinski definition) is 2. The highest BCUT2D eigenvalue weighted by molar-refractivity contribution is 5.77. The molecule has 3 aliphatic heterocycles. The fourth-order valence-corrected chi connectivity index (χ4v) is 5.56. The predicted octanol–water partition coefficient (Wildman–Crippen LogP) is 7.02. The third-order valence-electron chi connectivity index (χ3n) is 7.38. The normalized spacial score (nSPS) is 21.3. The Balaban J connectivity index is 1.70. The Morgan fingerprint density at radius 1 is 1.06 bits per heavy atom. The molecular weight excluding hydrogens is 376 g/mol. The lowest BCUT2D eigenvalue weighted by atomic mass is 9.83. The fourth-order valence-electron chi connectivity index (χ4n) is 5.56. The summed E-state index contributed by atoms with van der Waals surface area (Å²) in [7, 11) is 0. The third-order valence-corrected chi connectivity index (χ3v) is 7.38. The summed E-state index contributed by atoms with van der Waals surface area (Å²) in [6.07, 6.45) is 14.3. The Hall–Kier alpha value is -2.06. The van der Waals surface area contributed by atoms with Crippen LogP contribution < -0.4 is 0 Å². The van der Waals surface area contributed by atoms with E-state index in [4.69, 9.17) is 0 Å². The molecule has 0 amide bonds. The number of benzene rings is 1. The number of piperidine rings is 1. The molecule has 1 atom stereocenters. The Morgan fingerprint density at radius 2 is 1.84 bits per heavy atom. The van der Waals surface area contributed by atoms with Crippen LogP contribution in [0.25, 0.3) is 5.70 Å². The molecule has 1 fully saturated rings. The number of nitrogens with zero attached hydrogens (tertiary/aromatic N) is 2. The van der Waals surface area contributed by atoms with Crippen LogP contribution in [-0.2, 0) is 19.4 Å². The van der Waals surface area contributed by atoms with Crippen molar-refractivity contribution in [1.29, 1.82) is 0 Å². The minimum Gasteiger partial charge on any atom is -0.343 e. The van der Waals surface area contributed by atoms with Gasteiger partial charge >= 0.3 is 0 Å². The Bertz CT molecular complexity index is 911. The van der Waals surface area contributed by atoms with Crippen molar-refractivity contribution in [2.24, 2.45) is 0 Å². The van der Waals surface area contributed by atoms with Gasteiger partial charge in [-0.25, -0.2) is 0 Å². The Morgan fingerprint density at radius 3 is 2.52 bits per heavy atom. The number of fused-ring (bicyclic) bond motifs is 3. The van der Waals surface area contributed by atoms with E-state index in [0.717, 1.165) is 44.2 Å². The molecule has 4 rings (SSSR count). The second-order valence-corrected chi connectivity index (χ2v) is 9.59. The maximum atomic E-state index is 4.41. The Labute approximate surface area is 190 Å². The molecule has 0 aromatic heterocycles. The van der Waals surface area contributed by atoms with Crippen LogP contribution in [0.3, 0.4) is 0 Å². The summed E-state index contributed by atoms with van der Waals surface area (Å²) < 4.78 is 0. The highest BCUT2D eigenvalue weighted by Crippen LogP contribution is 2.41. The van der Waals surface area contributed by atoms with Gasteiger partial charge < -0.3 is 4.90 Å². The summed E-state index contributed by atoms with van der Waals surface area (Å²) in [6, 6.07) is 5.54. The first-order valence-corrected chi connectivity index (χ1v) is 12.5. The molecule has 0 radical (unpaired) electrons. The second kappa shape index (κ2) is 9.61. The fraction of sp³-hybridized carbons (Fsp3) is 0.517. The van der Waals surface area contributed by atoms with Crippen molar-refractivity contribution in [2.45, 2.75) is 84.7 Å². The lowest BCUT2D eigenvalue weighted by molar-refractivity contribution is 0.220. The van der Waals surface area contributed by atoms with Gasteiger partial charge in [-0.3, -0.25) is 4.90 Å². The van der Waals surface area contributed by atoms with E-state index in [1.54, 1.807) is 5.56 Å². The van der Waals surface area contributed by atoms with Gasteiger partial charge in [-0.15, -0.1) is 0 Å². The molecule has 3 aliphatic rings. The number of hydrogen-bond donors (Lipinski definition) is 0. The SMILES string of the molecule is C=C1C=C2c3cc(CC)c(CN4CCCCC4)cc3CC(CC)N2C=C1C(=C)CCC. The van der Waals surface area contributed by atoms with Crippen LogP contribution in [0.15, 0.2) is 54.3 Å². The lowest BCUT2D eigenvalue weighted by Gasteiger charge is -2.41. The average molecular weight is 417 g/mol. The van der Waals surface area contributed by atoms with Gasteiger partial charge in [0, 0.05) is 30.0 Å². The van der Waals surface area contributed by atoms with Crippen molar-refractivity contribution in [1.82, 2.24) is 9.80 Å². The smallest absolute Gasteiger partial charge is 0.0491 e. The van der Waals surface area contributed by atoms with E-state index in [-0.39, 0.29) is 0 Å². The van der Waals surface area contributed by atoms with E-state index in [9.17, 15) is 0 Å². The van der Waals surface area contributed by atoms with E-state index in [2.05, 4.69) is 68.1 Å². The van der Waals surface area contributed by atoms with E-state index in [1.165, 1.54) is 65.9 Å². The van der Waals surface area contributed by atoms with Gasteiger partial charge in [-0.1, -0.05) is 52.8 Å². The van der Waals surface area contributed by atoms with Crippen LogP contribution in [0.5, 0.6) is 0 Å². The Kier molecular flexibility index (Phi) is 6.86. The molecule has 1 aromatic carbocycles. The van der Waals surface area contributed by atoms with Gasteiger partial charge in [-0.2, -0.15) is 0 Å². The molecule has 166 valence electrons. The zero-order valence-corrected chi connectivity index (χ0v) is 20.0.